The van der Waals surface area contributed by atoms with Crippen molar-refractivity contribution in [2.75, 3.05) is 17.7 Å². The van der Waals surface area contributed by atoms with Crippen molar-refractivity contribution in [2.24, 2.45) is 0 Å². The number of carbonyl (C=O) groups is 2. The maximum absolute atomic E-state index is 12.3. The van der Waals surface area contributed by atoms with Crippen molar-refractivity contribution < 1.29 is 14.3 Å². The van der Waals surface area contributed by atoms with Crippen LogP contribution in [0.3, 0.4) is 0 Å². The SMILES string of the molecule is CCc1cccc(C)c1NC(=O)CC(=O)Nc1cc(C)ccc1OC. The molecule has 2 rings (SSSR count). The van der Waals surface area contributed by atoms with E-state index in [2.05, 4.69) is 10.6 Å². The fourth-order valence-electron chi connectivity index (χ4n) is 2.65. The standard InChI is InChI=1S/C20H24N2O3/c1-5-15-8-6-7-14(3)20(15)22-19(24)12-18(23)21-16-11-13(2)9-10-17(16)25-4/h6-11H,5,12H2,1-4H3,(H,21,23)(H,22,24). The number of carbonyl (C=O) groups excluding carboxylic acids is 2. The summed E-state index contributed by atoms with van der Waals surface area (Å²) < 4.78 is 5.23. The molecule has 0 unspecified atom stereocenters. The average Bonchev–Trinajstić information content (AvgIpc) is 2.56. The lowest BCUT2D eigenvalue weighted by molar-refractivity contribution is -0.123. The minimum Gasteiger partial charge on any atom is -0.495 e. The molecule has 2 amide bonds. The summed E-state index contributed by atoms with van der Waals surface area (Å²) in [6.45, 7) is 5.89. The molecule has 0 atom stereocenters. The molecule has 132 valence electrons. The predicted octanol–water partition coefficient (Wildman–Crippen LogP) is 3.84. The molecule has 5 nitrogen and oxygen atoms in total. The van der Waals surface area contributed by atoms with Crippen LogP contribution in [0.2, 0.25) is 0 Å². The van der Waals surface area contributed by atoms with Crippen LogP contribution in [0, 0.1) is 13.8 Å². The molecule has 0 bridgehead atoms. The molecule has 0 aromatic heterocycles. The van der Waals surface area contributed by atoms with Crippen LogP contribution in [0.4, 0.5) is 11.4 Å². The Labute approximate surface area is 148 Å². The zero-order chi connectivity index (χ0) is 18.4. The zero-order valence-corrected chi connectivity index (χ0v) is 15.1. The molecule has 2 aromatic rings. The van der Waals surface area contributed by atoms with Crippen LogP contribution in [-0.2, 0) is 16.0 Å². The van der Waals surface area contributed by atoms with Crippen molar-refractivity contribution >= 4 is 23.2 Å². The topological polar surface area (TPSA) is 67.4 Å². The van der Waals surface area contributed by atoms with Gasteiger partial charge in [-0.2, -0.15) is 0 Å². The van der Waals surface area contributed by atoms with Crippen LogP contribution in [-0.4, -0.2) is 18.9 Å². The van der Waals surface area contributed by atoms with E-state index in [1.54, 1.807) is 6.07 Å². The summed E-state index contributed by atoms with van der Waals surface area (Å²) in [4.78, 5) is 24.5. The number of hydrogen-bond donors (Lipinski definition) is 2. The van der Waals surface area contributed by atoms with Crippen molar-refractivity contribution in [1.82, 2.24) is 0 Å². The van der Waals surface area contributed by atoms with Crippen molar-refractivity contribution in [3.8, 4) is 5.75 Å². The Balaban J connectivity index is 2.04. The summed E-state index contributed by atoms with van der Waals surface area (Å²) in [7, 11) is 1.54. The van der Waals surface area contributed by atoms with Gasteiger partial charge in [0.15, 0.2) is 0 Å². The smallest absolute Gasteiger partial charge is 0.233 e. The van der Waals surface area contributed by atoms with E-state index in [-0.39, 0.29) is 18.2 Å². The number of aryl methyl sites for hydroxylation is 3. The van der Waals surface area contributed by atoms with Gasteiger partial charge < -0.3 is 15.4 Å². The first kappa shape index (κ1) is 18.5. The Hall–Kier alpha value is -2.82. The van der Waals surface area contributed by atoms with Crippen LogP contribution in [0.25, 0.3) is 0 Å². The molecule has 0 spiro atoms. The average molecular weight is 340 g/mol. The highest BCUT2D eigenvalue weighted by Crippen LogP contribution is 2.25. The Kier molecular flexibility index (Phi) is 6.17. The molecular formula is C20H24N2O3. The Morgan fingerprint density at radius 1 is 1.04 bits per heavy atom. The second-order valence-corrected chi connectivity index (χ2v) is 5.94. The molecule has 2 aromatic carbocycles. The zero-order valence-electron chi connectivity index (χ0n) is 15.1. The molecule has 0 radical (unpaired) electrons. The number of ether oxygens (including phenoxy) is 1. The van der Waals surface area contributed by atoms with E-state index in [9.17, 15) is 9.59 Å². The second kappa shape index (κ2) is 8.33. The molecule has 0 saturated heterocycles. The highest BCUT2D eigenvalue weighted by molar-refractivity contribution is 6.08. The Bertz CT molecular complexity index is 785. The van der Waals surface area contributed by atoms with Gasteiger partial charge in [0.25, 0.3) is 0 Å². The molecule has 0 saturated carbocycles. The van der Waals surface area contributed by atoms with Gasteiger partial charge in [-0.05, 0) is 49.1 Å². The number of methoxy groups -OCH3 is 1. The van der Waals surface area contributed by atoms with Gasteiger partial charge in [0, 0.05) is 5.69 Å². The molecule has 0 aliphatic rings. The number of nitrogens with one attached hydrogen (secondary N) is 2. The third-order valence-electron chi connectivity index (χ3n) is 3.95. The van der Waals surface area contributed by atoms with Gasteiger partial charge in [0.05, 0.1) is 12.8 Å². The number of hydrogen-bond acceptors (Lipinski definition) is 3. The number of anilines is 2. The second-order valence-electron chi connectivity index (χ2n) is 5.94. The largest absolute Gasteiger partial charge is 0.495 e. The van der Waals surface area contributed by atoms with E-state index >= 15 is 0 Å². The first-order valence-corrected chi connectivity index (χ1v) is 8.27. The lowest BCUT2D eigenvalue weighted by atomic mass is 10.1. The molecule has 0 fully saturated rings. The third kappa shape index (κ3) is 4.83. The van der Waals surface area contributed by atoms with Crippen LogP contribution in [0.5, 0.6) is 5.75 Å². The van der Waals surface area contributed by atoms with Crippen LogP contribution >= 0.6 is 0 Å². The van der Waals surface area contributed by atoms with Gasteiger partial charge in [-0.1, -0.05) is 31.2 Å². The molecule has 2 N–H and O–H groups in total. The Morgan fingerprint density at radius 2 is 1.76 bits per heavy atom. The van der Waals surface area contributed by atoms with E-state index in [1.807, 2.05) is 51.1 Å². The van der Waals surface area contributed by atoms with Crippen LogP contribution < -0.4 is 15.4 Å². The van der Waals surface area contributed by atoms with Crippen molar-refractivity contribution in [2.45, 2.75) is 33.6 Å². The van der Waals surface area contributed by atoms with E-state index in [4.69, 9.17) is 4.74 Å². The Morgan fingerprint density at radius 3 is 2.44 bits per heavy atom. The number of amides is 2. The van der Waals surface area contributed by atoms with Gasteiger partial charge >= 0.3 is 0 Å². The monoisotopic (exact) mass is 340 g/mol. The molecule has 0 heterocycles. The van der Waals surface area contributed by atoms with Gasteiger partial charge in [0.1, 0.15) is 12.2 Å². The summed E-state index contributed by atoms with van der Waals surface area (Å²) >= 11 is 0. The predicted molar refractivity (Wildman–Crippen MR) is 100 cm³/mol. The first-order valence-electron chi connectivity index (χ1n) is 8.27. The lowest BCUT2D eigenvalue weighted by Gasteiger charge is -2.14. The van der Waals surface area contributed by atoms with E-state index in [0.29, 0.717) is 11.4 Å². The van der Waals surface area contributed by atoms with Crippen LogP contribution in [0.1, 0.15) is 30.0 Å². The lowest BCUT2D eigenvalue weighted by Crippen LogP contribution is -2.22. The quantitative estimate of drug-likeness (QED) is 0.785. The van der Waals surface area contributed by atoms with Crippen molar-refractivity contribution in [3.63, 3.8) is 0 Å². The van der Waals surface area contributed by atoms with Gasteiger partial charge in [-0.25, -0.2) is 0 Å². The molecule has 5 heteroatoms. The highest BCUT2D eigenvalue weighted by atomic mass is 16.5. The van der Waals surface area contributed by atoms with Crippen molar-refractivity contribution in [1.29, 1.82) is 0 Å². The summed E-state index contributed by atoms with van der Waals surface area (Å²) in [5, 5.41) is 5.59. The number of para-hydroxylation sites is 1. The summed E-state index contributed by atoms with van der Waals surface area (Å²) in [5.41, 5.74) is 4.37. The fourth-order valence-corrected chi connectivity index (χ4v) is 2.65. The van der Waals surface area contributed by atoms with Gasteiger partial charge in [-0.15, -0.1) is 0 Å². The molecule has 25 heavy (non-hydrogen) atoms. The summed E-state index contributed by atoms with van der Waals surface area (Å²) in [6.07, 6.45) is 0.554. The molecular weight excluding hydrogens is 316 g/mol. The minimum absolute atomic E-state index is 0.255. The maximum atomic E-state index is 12.3. The summed E-state index contributed by atoms with van der Waals surface area (Å²) in [5.74, 6) is -0.160. The highest BCUT2D eigenvalue weighted by Gasteiger charge is 2.14. The third-order valence-corrected chi connectivity index (χ3v) is 3.95. The summed E-state index contributed by atoms with van der Waals surface area (Å²) in [6, 6.07) is 11.4. The van der Waals surface area contributed by atoms with E-state index in [1.165, 1.54) is 7.11 Å². The van der Waals surface area contributed by atoms with Gasteiger partial charge in [-0.3, -0.25) is 9.59 Å². The number of rotatable bonds is 6. The maximum Gasteiger partial charge on any atom is 0.233 e. The van der Waals surface area contributed by atoms with E-state index < -0.39 is 0 Å². The van der Waals surface area contributed by atoms with Crippen molar-refractivity contribution in [3.05, 3.63) is 53.1 Å². The van der Waals surface area contributed by atoms with Crippen LogP contribution in [0.15, 0.2) is 36.4 Å². The normalized spacial score (nSPS) is 10.2. The molecule has 0 aliphatic carbocycles. The van der Waals surface area contributed by atoms with E-state index in [0.717, 1.165) is 28.8 Å². The molecule has 0 aliphatic heterocycles. The van der Waals surface area contributed by atoms with Gasteiger partial charge in [0.2, 0.25) is 11.8 Å². The first-order chi connectivity index (χ1) is 11.9. The number of benzene rings is 2. The minimum atomic E-state index is -0.381. The fraction of sp³-hybridized carbons (Fsp3) is 0.300.